The van der Waals surface area contributed by atoms with Crippen LogP contribution >= 0.6 is 0 Å². The Bertz CT molecular complexity index is 864. The molecule has 3 heterocycles. The van der Waals surface area contributed by atoms with Crippen LogP contribution in [-0.2, 0) is 20.1 Å². The highest BCUT2D eigenvalue weighted by Gasteiger charge is 2.33. The second-order valence-electron chi connectivity index (χ2n) is 7.01. The monoisotopic (exact) mass is 338 g/mol. The fraction of sp³-hybridized carbons (Fsp3) is 0.474. The molecule has 25 heavy (non-hydrogen) atoms. The van der Waals surface area contributed by atoms with Crippen molar-refractivity contribution in [3.05, 3.63) is 48.3 Å². The zero-order valence-corrected chi connectivity index (χ0v) is 15.2. The van der Waals surface area contributed by atoms with Gasteiger partial charge in [0.15, 0.2) is 0 Å². The Balaban J connectivity index is 1.55. The Morgan fingerprint density at radius 3 is 2.80 bits per heavy atom. The van der Waals surface area contributed by atoms with Gasteiger partial charge >= 0.3 is 0 Å². The van der Waals surface area contributed by atoms with Gasteiger partial charge in [0.2, 0.25) is 0 Å². The molecule has 6 heteroatoms. The van der Waals surface area contributed by atoms with Gasteiger partial charge in [0.1, 0.15) is 5.82 Å². The molecule has 1 saturated heterocycles. The van der Waals surface area contributed by atoms with Crippen LogP contribution in [0.3, 0.4) is 0 Å². The number of imidazole rings is 2. The zero-order valence-electron chi connectivity index (χ0n) is 15.2. The van der Waals surface area contributed by atoms with Gasteiger partial charge in [-0.2, -0.15) is 0 Å². The first-order valence-corrected chi connectivity index (χ1v) is 8.99. The topological polar surface area (TPSA) is 50.9 Å². The number of aryl methyl sites for hydroxylation is 2. The van der Waals surface area contributed by atoms with Crippen molar-refractivity contribution < 1.29 is 0 Å². The molecule has 0 radical (unpaired) electrons. The number of hydrogen-bond donors (Lipinski definition) is 1. The molecule has 1 N–H and O–H groups in total. The van der Waals surface area contributed by atoms with Crippen LogP contribution in [0.4, 0.5) is 0 Å². The molecular formula is C19H26N6. The molecule has 0 unspecified atom stereocenters. The maximum Gasteiger partial charge on any atom is 0.123 e. The van der Waals surface area contributed by atoms with E-state index in [0.717, 1.165) is 37.5 Å². The average Bonchev–Trinajstić information content (AvgIpc) is 3.28. The van der Waals surface area contributed by atoms with E-state index < -0.39 is 0 Å². The molecule has 0 saturated carbocycles. The summed E-state index contributed by atoms with van der Waals surface area (Å²) in [6.45, 7) is 6.01. The summed E-state index contributed by atoms with van der Waals surface area (Å²) in [5.41, 5.74) is 3.59. The number of fused-ring (bicyclic) bond motifs is 1. The van der Waals surface area contributed by atoms with Gasteiger partial charge in [0.25, 0.3) is 0 Å². The van der Waals surface area contributed by atoms with Crippen LogP contribution in [0, 0.1) is 0 Å². The van der Waals surface area contributed by atoms with Crippen molar-refractivity contribution in [2.75, 3.05) is 20.1 Å². The van der Waals surface area contributed by atoms with E-state index in [4.69, 9.17) is 4.98 Å². The molecule has 132 valence electrons. The number of nitrogens with zero attached hydrogens (tertiary/aromatic N) is 5. The molecule has 0 aliphatic carbocycles. The molecule has 6 nitrogen and oxygen atoms in total. The van der Waals surface area contributed by atoms with Crippen molar-refractivity contribution >= 4 is 11.0 Å². The van der Waals surface area contributed by atoms with Gasteiger partial charge in [-0.1, -0.05) is 12.1 Å². The van der Waals surface area contributed by atoms with E-state index in [9.17, 15) is 0 Å². The largest absolute Gasteiger partial charge is 0.337 e. The lowest BCUT2D eigenvalue weighted by Gasteiger charge is -2.20. The fourth-order valence-electron chi connectivity index (χ4n) is 4.07. The normalized spacial score (nSPS) is 21.4. The van der Waals surface area contributed by atoms with Gasteiger partial charge in [-0.3, -0.25) is 0 Å². The summed E-state index contributed by atoms with van der Waals surface area (Å²) in [7, 11) is 4.26. The number of benzene rings is 1. The molecule has 1 fully saturated rings. The number of likely N-dealkylation sites (N-methyl/N-ethyl adjacent to an activating group) is 1. The Morgan fingerprint density at radius 1 is 1.20 bits per heavy atom. The van der Waals surface area contributed by atoms with E-state index in [1.165, 1.54) is 11.2 Å². The van der Waals surface area contributed by atoms with E-state index in [1.807, 2.05) is 12.5 Å². The lowest BCUT2D eigenvalue weighted by Crippen LogP contribution is -2.36. The first-order chi connectivity index (χ1) is 12.2. The third-order valence-electron chi connectivity index (χ3n) is 5.31. The summed E-state index contributed by atoms with van der Waals surface area (Å²) in [6.07, 6.45) is 3.89. The van der Waals surface area contributed by atoms with Gasteiger partial charge < -0.3 is 19.4 Å². The smallest absolute Gasteiger partial charge is 0.123 e. The van der Waals surface area contributed by atoms with E-state index in [-0.39, 0.29) is 0 Å². The predicted octanol–water partition coefficient (Wildman–Crippen LogP) is 1.98. The summed E-state index contributed by atoms with van der Waals surface area (Å²) in [6, 6.07) is 8.78. The van der Waals surface area contributed by atoms with Gasteiger partial charge in [-0.25, -0.2) is 9.97 Å². The molecule has 2 aromatic heterocycles. The number of hydrogen-bond acceptors (Lipinski definition) is 4. The van der Waals surface area contributed by atoms with E-state index in [2.05, 4.69) is 69.6 Å². The van der Waals surface area contributed by atoms with E-state index >= 15 is 0 Å². The fourth-order valence-corrected chi connectivity index (χ4v) is 4.07. The molecule has 1 aliphatic rings. The molecule has 0 bridgehead atoms. The van der Waals surface area contributed by atoms with Crippen LogP contribution < -0.4 is 5.32 Å². The second kappa shape index (κ2) is 6.61. The molecule has 2 atom stereocenters. The first-order valence-electron chi connectivity index (χ1n) is 8.99. The third kappa shape index (κ3) is 2.96. The molecule has 0 spiro atoms. The maximum atomic E-state index is 4.84. The first kappa shape index (κ1) is 16.3. The Hall–Kier alpha value is -2.18. The minimum atomic E-state index is 0.408. The molecule has 1 aromatic carbocycles. The van der Waals surface area contributed by atoms with Gasteiger partial charge in [0.05, 0.1) is 23.9 Å². The highest BCUT2D eigenvalue weighted by atomic mass is 15.2. The summed E-state index contributed by atoms with van der Waals surface area (Å²) in [5, 5.41) is 3.76. The van der Waals surface area contributed by atoms with Gasteiger partial charge in [-0.15, -0.1) is 0 Å². The molecule has 4 rings (SSSR count). The Kier molecular flexibility index (Phi) is 4.31. The van der Waals surface area contributed by atoms with Crippen molar-refractivity contribution in [1.29, 1.82) is 0 Å². The Morgan fingerprint density at radius 2 is 2.04 bits per heavy atom. The quantitative estimate of drug-likeness (QED) is 0.773. The second-order valence-corrected chi connectivity index (χ2v) is 7.01. The van der Waals surface area contributed by atoms with E-state index in [0.29, 0.717) is 12.0 Å². The molecule has 1 aliphatic heterocycles. The van der Waals surface area contributed by atoms with Gasteiger partial charge in [-0.05, 0) is 26.1 Å². The highest BCUT2D eigenvalue weighted by molar-refractivity contribution is 5.75. The maximum absolute atomic E-state index is 4.84. The van der Waals surface area contributed by atoms with Crippen LogP contribution in [0.5, 0.6) is 0 Å². The van der Waals surface area contributed by atoms with Crippen molar-refractivity contribution in [2.24, 2.45) is 7.05 Å². The van der Waals surface area contributed by atoms with Crippen molar-refractivity contribution in [3.8, 4) is 0 Å². The Labute approximate surface area is 148 Å². The number of aromatic nitrogens is 4. The standard InChI is InChI=1S/C19H26N6/c1-4-25-17-8-6-5-7-15(17)22-19(25)10-21-16-12-23(2)11-14(16)18-9-20-13-24(18)3/h5-9,13-14,16,21H,4,10-12H2,1-3H3/t14-,16-/m1/s1. The summed E-state index contributed by atoms with van der Waals surface area (Å²) >= 11 is 0. The van der Waals surface area contributed by atoms with Gasteiger partial charge in [0, 0.05) is 50.5 Å². The number of para-hydroxylation sites is 2. The van der Waals surface area contributed by atoms with Crippen LogP contribution in [0.2, 0.25) is 0 Å². The van der Waals surface area contributed by atoms with Crippen LogP contribution in [0.25, 0.3) is 11.0 Å². The lowest BCUT2D eigenvalue weighted by atomic mass is 10.00. The van der Waals surface area contributed by atoms with E-state index in [1.54, 1.807) is 0 Å². The van der Waals surface area contributed by atoms with Crippen LogP contribution in [-0.4, -0.2) is 50.2 Å². The van der Waals surface area contributed by atoms with Crippen LogP contribution in [0.15, 0.2) is 36.8 Å². The number of likely N-dealkylation sites (tertiary alicyclic amines) is 1. The summed E-state index contributed by atoms with van der Waals surface area (Å²) in [4.78, 5) is 11.5. The van der Waals surface area contributed by atoms with Crippen molar-refractivity contribution in [1.82, 2.24) is 29.3 Å². The average molecular weight is 338 g/mol. The summed E-state index contributed by atoms with van der Waals surface area (Å²) in [5.74, 6) is 1.57. The molecule has 0 amide bonds. The SMILES string of the molecule is CCn1c(CN[C@@H]2CN(C)C[C@H]2c2cncn2C)nc2ccccc21. The zero-order chi connectivity index (χ0) is 17.4. The number of nitrogens with one attached hydrogen (secondary N) is 1. The third-order valence-corrected chi connectivity index (χ3v) is 5.31. The number of rotatable bonds is 5. The van der Waals surface area contributed by atoms with Crippen molar-refractivity contribution in [3.63, 3.8) is 0 Å². The minimum absolute atomic E-state index is 0.408. The lowest BCUT2D eigenvalue weighted by molar-refractivity contribution is 0.395. The highest BCUT2D eigenvalue weighted by Crippen LogP contribution is 2.26. The molecular weight excluding hydrogens is 312 g/mol. The predicted molar refractivity (Wildman–Crippen MR) is 99.5 cm³/mol. The van der Waals surface area contributed by atoms with Crippen LogP contribution in [0.1, 0.15) is 24.4 Å². The summed E-state index contributed by atoms with van der Waals surface area (Å²) < 4.78 is 4.44. The molecule has 3 aromatic rings. The van der Waals surface area contributed by atoms with Crippen molar-refractivity contribution in [2.45, 2.75) is 32.0 Å². The minimum Gasteiger partial charge on any atom is -0.337 e.